The Morgan fingerprint density at radius 3 is 2.91 bits per heavy atom. The molecule has 0 saturated carbocycles. The second-order valence-corrected chi connectivity index (χ2v) is 7.71. The fourth-order valence-electron chi connectivity index (χ4n) is 3.86. The van der Waals surface area contributed by atoms with Crippen molar-refractivity contribution in [2.24, 2.45) is 5.92 Å². The standard InChI is InChI=1S/C18H21BrN2O2/c1-10(2)9-21-6-7-23-17-14(21)8-13-15(16(17)19)11-4-3-5-12(11)18(22)20-13/h8,10H,3-7,9H2,1-2H3,(H,20,22). The van der Waals surface area contributed by atoms with E-state index < -0.39 is 0 Å². The molecule has 0 saturated heterocycles. The predicted molar refractivity (Wildman–Crippen MR) is 96.8 cm³/mol. The van der Waals surface area contributed by atoms with E-state index in [2.05, 4.69) is 45.7 Å². The molecule has 1 aliphatic carbocycles. The Bertz CT molecular complexity index is 841. The Morgan fingerprint density at radius 1 is 1.35 bits per heavy atom. The number of hydrogen-bond acceptors (Lipinski definition) is 3. The van der Waals surface area contributed by atoms with Crippen molar-refractivity contribution in [2.45, 2.75) is 33.1 Å². The van der Waals surface area contributed by atoms with Crippen molar-refractivity contribution in [1.82, 2.24) is 4.98 Å². The second kappa shape index (κ2) is 5.55. The molecule has 23 heavy (non-hydrogen) atoms. The summed E-state index contributed by atoms with van der Waals surface area (Å²) in [6, 6.07) is 2.09. The number of pyridine rings is 1. The number of nitrogens with one attached hydrogen (secondary N) is 1. The van der Waals surface area contributed by atoms with E-state index in [9.17, 15) is 4.79 Å². The molecule has 0 bridgehead atoms. The summed E-state index contributed by atoms with van der Waals surface area (Å²) in [4.78, 5) is 17.8. The van der Waals surface area contributed by atoms with Gasteiger partial charge in [-0.05, 0) is 52.7 Å². The normalized spacial score (nSPS) is 16.6. The molecule has 0 fully saturated rings. The molecule has 4 nitrogen and oxygen atoms in total. The minimum Gasteiger partial charge on any atom is -0.488 e. The highest BCUT2D eigenvalue weighted by Crippen LogP contribution is 2.45. The van der Waals surface area contributed by atoms with Gasteiger partial charge in [0.05, 0.1) is 22.2 Å². The maximum Gasteiger partial charge on any atom is 0.251 e. The minimum absolute atomic E-state index is 0.0731. The number of H-pyrrole nitrogens is 1. The van der Waals surface area contributed by atoms with Gasteiger partial charge in [0.15, 0.2) is 5.75 Å². The van der Waals surface area contributed by atoms with Gasteiger partial charge < -0.3 is 14.6 Å². The third-order valence-corrected chi connectivity index (χ3v) is 5.53. The molecule has 1 aromatic heterocycles. The highest BCUT2D eigenvalue weighted by Gasteiger charge is 2.27. The number of aromatic amines is 1. The van der Waals surface area contributed by atoms with Crippen LogP contribution in [0.2, 0.25) is 0 Å². The number of aryl methyl sites for hydroxylation is 1. The SMILES string of the molecule is CC(C)CN1CCOc2c1cc1[nH]c(=O)c3c(c1c2Br)CCC3. The lowest BCUT2D eigenvalue weighted by molar-refractivity contribution is 0.303. The van der Waals surface area contributed by atoms with Crippen molar-refractivity contribution >= 4 is 32.5 Å². The molecule has 122 valence electrons. The van der Waals surface area contributed by atoms with E-state index in [0.29, 0.717) is 12.5 Å². The number of nitrogens with zero attached hydrogens (tertiary/aromatic N) is 1. The molecular weight excluding hydrogens is 356 g/mol. The largest absolute Gasteiger partial charge is 0.488 e. The van der Waals surface area contributed by atoms with Crippen LogP contribution in [0.3, 0.4) is 0 Å². The lowest BCUT2D eigenvalue weighted by atomic mass is 10.0. The second-order valence-electron chi connectivity index (χ2n) is 6.91. The number of anilines is 1. The van der Waals surface area contributed by atoms with Crippen LogP contribution >= 0.6 is 15.9 Å². The smallest absolute Gasteiger partial charge is 0.251 e. The zero-order valence-electron chi connectivity index (χ0n) is 13.5. The first-order valence-corrected chi connectivity index (χ1v) is 9.13. The Morgan fingerprint density at radius 2 is 2.13 bits per heavy atom. The Kier molecular flexibility index (Phi) is 3.63. The first-order chi connectivity index (χ1) is 11.1. The summed E-state index contributed by atoms with van der Waals surface area (Å²) >= 11 is 3.77. The zero-order valence-corrected chi connectivity index (χ0v) is 15.1. The molecule has 5 heteroatoms. The number of fused-ring (bicyclic) bond motifs is 4. The van der Waals surface area contributed by atoms with Crippen molar-refractivity contribution in [1.29, 1.82) is 0 Å². The molecule has 4 rings (SSSR count). The predicted octanol–water partition coefficient (Wildman–Crippen LogP) is 3.63. The van der Waals surface area contributed by atoms with Crippen LogP contribution in [-0.4, -0.2) is 24.7 Å². The van der Waals surface area contributed by atoms with E-state index in [-0.39, 0.29) is 5.56 Å². The van der Waals surface area contributed by atoms with Gasteiger partial charge in [-0.1, -0.05) is 13.8 Å². The Balaban J connectivity index is 1.98. The fraction of sp³-hybridized carbons (Fsp3) is 0.500. The maximum absolute atomic E-state index is 12.3. The highest BCUT2D eigenvalue weighted by molar-refractivity contribution is 9.10. The molecule has 2 aliphatic rings. The van der Waals surface area contributed by atoms with Crippen LogP contribution in [0.25, 0.3) is 10.9 Å². The van der Waals surface area contributed by atoms with Crippen LogP contribution in [0.1, 0.15) is 31.4 Å². The monoisotopic (exact) mass is 376 g/mol. The third-order valence-electron chi connectivity index (χ3n) is 4.78. The van der Waals surface area contributed by atoms with E-state index >= 15 is 0 Å². The summed E-state index contributed by atoms with van der Waals surface area (Å²) < 4.78 is 6.98. The van der Waals surface area contributed by atoms with Gasteiger partial charge in [0, 0.05) is 17.5 Å². The lowest BCUT2D eigenvalue weighted by Crippen LogP contribution is -2.35. The lowest BCUT2D eigenvalue weighted by Gasteiger charge is -2.33. The molecule has 0 amide bonds. The third kappa shape index (κ3) is 2.36. The quantitative estimate of drug-likeness (QED) is 0.869. The number of hydrogen-bond donors (Lipinski definition) is 1. The van der Waals surface area contributed by atoms with Crippen LogP contribution in [0.5, 0.6) is 5.75 Å². The first kappa shape index (κ1) is 15.1. The topological polar surface area (TPSA) is 45.3 Å². The van der Waals surface area contributed by atoms with Crippen molar-refractivity contribution in [3.63, 3.8) is 0 Å². The number of rotatable bonds is 2. The van der Waals surface area contributed by atoms with Crippen molar-refractivity contribution in [2.75, 3.05) is 24.6 Å². The first-order valence-electron chi connectivity index (χ1n) is 8.34. The molecule has 0 radical (unpaired) electrons. The summed E-state index contributed by atoms with van der Waals surface area (Å²) in [5, 5.41) is 1.13. The van der Waals surface area contributed by atoms with Crippen molar-refractivity contribution in [3.8, 4) is 5.75 Å². The van der Waals surface area contributed by atoms with Gasteiger partial charge in [-0.25, -0.2) is 0 Å². The highest BCUT2D eigenvalue weighted by atomic mass is 79.9. The van der Waals surface area contributed by atoms with E-state index in [0.717, 1.165) is 64.7 Å². The van der Waals surface area contributed by atoms with Crippen LogP contribution in [0.4, 0.5) is 5.69 Å². The Hall–Kier alpha value is -1.49. The number of halogens is 1. The molecule has 1 aliphatic heterocycles. The number of ether oxygens (including phenoxy) is 1. The summed E-state index contributed by atoms with van der Waals surface area (Å²) in [5.41, 5.74) is 4.22. The van der Waals surface area contributed by atoms with E-state index in [4.69, 9.17) is 4.74 Å². The van der Waals surface area contributed by atoms with Gasteiger partial charge in [-0.3, -0.25) is 4.79 Å². The van der Waals surface area contributed by atoms with Crippen LogP contribution in [-0.2, 0) is 12.8 Å². The molecule has 1 aromatic carbocycles. The van der Waals surface area contributed by atoms with Crippen LogP contribution < -0.4 is 15.2 Å². The summed E-state index contributed by atoms with van der Waals surface area (Å²) in [5.74, 6) is 1.50. The summed E-state index contributed by atoms with van der Waals surface area (Å²) in [7, 11) is 0. The van der Waals surface area contributed by atoms with Gasteiger partial charge in [-0.15, -0.1) is 0 Å². The number of benzene rings is 1. The Labute approximate surface area is 144 Å². The van der Waals surface area contributed by atoms with Gasteiger partial charge in [0.1, 0.15) is 6.61 Å². The van der Waals surface area contributed by atoms with Crippen molar-refractivity contribution in [3.05, 3.63) is 32.0 Å². The maximum atomic E-state index is 12.3. The van der Waals surface area contributed by atoms with E-state index in [1.807, 2.05) is 0 Å². The molecule has 2 aromatic rings. The fourth-order valence-corrected chi connectivity index (χ4v) is 4.63. The molecule has 2 heterocycles. The van der Waals surface area contributed by atoms with E-state index in [1.165, 1.54) is 5.56 Å². The molecule has 0 atom stereocenters. The van der Waals surface area contributed by atoms with Gasteiger partial charge in [-0.2, -0.15) is 0 Å². The number of aromatic nitrogens is 1. The van der Waals surface area contributed by atoms with Crippen molar-refractivity contribution < 1.29 is 4.74 Å². The van der Waals surface area contributed by atoms with Crippen LogP contribution in [0, 0.1) is 5.92 Å². The van der Waals surface area contributed by atoms with Gasteiger partial charge in [0.25, 0.3) is 5.56 Å². The van der Waals surface area contributed by atoms with Gasteiger partial charge >= 0.3 is 0 Å². The molecule has 1 N–H and O–H groups in total. The van der Waals surface area contributed by atoms with Gasteiger partial charge in [0.2, 0.25) is 0 Å². The molecule has 0 spiro atoms. The minimum atomic E-state index is 0.0731. The average Bonchev–Trinajstić information content (AvgIpc) is 2.97. The average molecular weight is 377 g/mol. The summed E-state index contributed by atoms with van der Waals surface area (Å²) in [6.45, 7) is 7.02. The summed E-state index contributed by atoms with van der Waals surface area (Å²) in [6.07, 6.45) is 2.91. The molecule has 0 unspecified atom stereocenters. The van der Waals surface area contributed by atoms with Crippen LogP contribution in [0.15, 0.2) is 15.3 Å². The van der Waals surface area contributed by atoms with E-state index in [1.54, 1.807) is 0 Å². The zero-order chi connectivity index (χ0) is 16.1. The molecular formula is C18H21BrN2O2.